The third-order valence-electron chi connectivity index (χ3n) is 1.76. The first kappa shape index (κ1) is 5.54. The average molecular weight is 132 g/mol. The van der Waals surface area contributed by atoms with Crippen molar-refractivity contribution in [2.75, 3.05) is 0 Å². The largest absolute Gasteiger partial charge is 0.472 e. The van der Waals surface area contributed by atoms with Gasteiger partial charge in [0.05, 0.1) is 12.5 Å². The lowest BCUT2D eigenvalue weighted by Crippen LogP contribution is -1.72. The molecule has 0 aromatic rings. The van der Waals surface area contributed by atoms with Crippen molar-refractivity contribution in [3.05, 3.63) is 36.3 Å². The molecule has 0 aromatic carbocycles. The van der Waals surface area contributed by atoms with Crippen molar-refractivity contribution in [1.82, 2.24) is 0 Å². The van der Waals surface area contributed by atoms with E-state index in [-0.39, 0.29) is 0 Å². The van der Waals surface area contributed by atoms with Crippen LogP contribution in [0.3, 0.4) is 0 Å². The molecule has 0 fully saturated rings. The van der Waals surface area contributed by atoms with Crippen molar-refractivity contribution in [2.24, 2.45) is 0 Å². The van der Waals surface area contributed by atoms with Crippen LogP contribution in [-0.2, 0) is 0 Å². The van der Waals surface area contributed by atoms with Crippen LogP contribution < -0.4 is 0 Å². The molecular formula is C9H8O. The highest BCUT2D eigenvalue weighted by molar-refractivity contribution is 5.68. The van der Waals surface area contributed by atoms with Gasteiger partial charge in [-0.15, -0.1) is 0 Å². The van der Waals surface area contributed by atoms with Gasteiger partial charge in [0.25, 0.3) is 0 Å². The average Bonchev–Trinajstić information content (AvgIpc) is 2.34. The van der Waals surface area contributed by atoms with E-state index < -0.39 is 0 Å². The molecule has 50 valence electrons. The second-order valence-corrected chi connectivity index (χ2v) is 2.44. The molecule has 0 bridgehead atoms. The molecule has 0 aromatic heterocycles. The van der Waals surface area contributed by atoms with E-state index in [0.717, 1.165) is 0 Å². The van der Waals surface area contributed by atoms with Crippen LogP contribution >= 0.6 is 0 Å². The lowest BCUT2D eigenvalue weighted by Gasteiger charge is -1.95. The van der Waals surface area contributed by atoms with Crippen molar-refractivity contribution in [1.29, 1.82) is 0 Å². The maximum absolute atomic E-state index is 5.00. The van der Waals surface area contributed by atoms with E-state index in [2.05, 4.69) is 19.1 Å². The molecule has 10 heavy (non-hydrogen) atoms. The van der Waals surface area contributed by atoms with Crippen LogP contribution in [0.4, 0.5) is 0 Å². The second kappa shape index (κ2) is 1.87. The molecular weight excluding hydrogens is 124 g/mol. The van der Waals surface area contributed by atoms with Crippen LogP contribution in [0.15, 0.2) is 35.1 Å². The zero-order chi connectivity index (χ0) is 6.97. The predicted molar refractivity (Wildman–Crippen MR) is 40.1 cm³/mol. The van der Waals surface area contributed by atoms with Gasteiger partial charge in [-0.25, -0.2) is 0 Å². The molecule has 0 atom stereocenters. The van der Waals surface area contributed by atoms with Crippen LogP contribution in [-0.4, -0.2) is 0 Å². The molecule has 1 aliphatic heterocycles. The van der Waals surface area contributed by atoms with E-state index in [1.165, 1.54) is 16.7 Å². The van der Waals surface area contributed by atoms with E-state index in [1.54, 1.807) is 12.5 Å². The summed E-state index contributed by atoms with van der Waals surface area (Å²) in [7, 11) is 0. The molecule has 0 radical (unpaired) electrons. The summed E-state index contributed by atoms with van der Waals surface area (Å²) in [5.74, 6) is 0. The highest BCUT2D eigenvalue weighted by atomic mass is 16.3. The van der Waals surface area contributed by atoms with Gasteiger partial charge in [0.2, 0.25) is 0 Å². The molecule has 0 spiro atoms. The summed E-state index contributed by atoms with van der Waals surface area (Å²) in [6, 6.07) is 6.15. The van der Waals surface area contributed by atoms with Gasteiger partial charge in [-0.05, 0) is 24.1 Å². The van der Waals surface area contributed by atoms with Gasteiger partial charge in [-0.2, -0.15) is 0 Å². The van der Waals surface area contributed by atoms with Crippen LogP contribution in [0, 0.1) is 6.92 Å². The van der Waals surface area contributed by atoms with Gasteiger partial charge in [-0.1, -0.05) is 12.1 Å². The molecule has 2 aliphatic rings. The number of hydrogen-bond donors (Lipinski definition) is 0. The molecule has 1 heteroatoms. The van der Waals surface area contributed by atoms with Gasteiger partial charge in [-0.3, -0.25) is 0 Å². The maximum Gasteiger partial charge on any atom is 0.0979 e. The van der Waals surface area contributed by atoms with Crippen LogP contribution in [0.5, 0.6) is 0 Å². The highest BCUT2D eigenvalue weighted by Crippen LogP contribution is 2.25. The van der Waals surface area contributed by atoms with Gasteiger partial charge >= 0.3 is 0 Å². The molecule has 2 rings (SSSR count). The van der Waals surface area contributed by atoms with E-state index >= 15 is 0 Å². The molecule has 0 saturated heterocycles. The lowest BCUT2D eigenvalue weighted by atomic mass is 10.1. The minimum absolute atomic E-state index is 1.18. The van der Waals surface area contributed by atoms with E-state index in [4.69, 9.17) is 4.42 Å². The van der Waals surface area contributed by atoms with Gasteiger partial charge in [0.1, 0.15) is 0 Å². The standard InChI is InChI=1S/C9H8O/c1-7-2-3-8-6-10-5-4-9(7)8/h2-6H,1H3. The summed E-state index contributed by atoms with van der Waals surface area (Å²) in [6.07, 6.45) is 3.47. The van der Waals surface area contributed by atoms with Crippen LogP contribution in [0.25, 0.3) is 11.1 Å². The summed E-state index contributed by atoms with van der Waals surface area (Å²) >= 11 is 0. The van der Waals surface area contributed by atoms with E-state index in [1.807, 2.05) is 6.07 Å². The molecule has 1 heterocycles. The van der Waals surface area contributed by atoms with Gasteiger partial charge < -0.3 is 4.42 Å². The third-order valence-corrected chi connectivity index (χ3v) is 1.76. The smallest absolute Gasteiger partial charge is 0.0979 e. The Morgan fingerprint density at radius 3 is 2.90 bits per heavy atom. The Hall–Kier alpha value is -1.24. The lowest BCUT2D eigenvalue weighted by molar-refractivity contribution is 0.552. The SMILES string of the molecule is Cc1ccc2coccc1-2. The van der Waals surface area contributed by atoms with Gasteiger partial charge in [0, 0.05) is 5.56 Å². The van der Waals surface area contributed by atoms with Crippen molar-refractivity contribution in [2.45, 2.75) is 6.92 Å². The summed E-state index contributed by atoms with van der Waals surface area (Å²) < 4.78 is 5.00. The molecule has 0 saturated carbocycles. The zero-order valence-corrected chi connectivity index (χ0v) is 5.79. The molecule has 0 unspecified atom stereocenters. The Balaban J connectivity index is 2.78. The fourth-order valence-electron chi connectivity index (χ4n) is 1.17. The van der Waals surface area contributed by atoms with E-state index in [9.17, 15) is 0 Å². The van der Waals surface area contributed by atoms with Crippen molar-refractivity contribution < 1.29 is 4.42 Å². The van der Waals surface area contributed by atoms with Crippen LogP contribution in [0.2, 0.25) is 0 Å². The fraction of sp³-hybridized carbons (Fsp3) is 0.111. The topological polar surface area (TPSA) is 13.1 Å². The molecule has 1 nitrogen and oxygen atoms in total. The van der Waals surface area contributed by atoms with Crippen LogP contribution in [0.1, 0.15) is 5.56 Å². The molecule has 0 N–H and O–H groups in total. The fourth-order valence-corrected chi connectivity index (χ4v) is 1.17. The first-order chi connectivity index (χ1) is 4.88. The number of hydrogen-bond acceptors (Lipinski definition) is 1. The summed E-state index contributed by atoms with van der Waals surface area (Å²) in [6.45, 7) is 2.10. The second-order valence-electron chi connectivity index (χ2n) is 2.44. The number of aryl methyl sites for hydroxylation is 1. The maximum atomic E-state index is 5.00. The van der Waals surface area contributed by atoms with Gasteiger partial charge in [0.15, 0.2) is 0 Å². The van der Waals surface area contributed by atoms with Crippen molar-refractivity contribution >= 4 is 0 Å². The highest BCUT2D eigenvalue weighted by Gasteiger charge is 2.03. The molecule has 0 amide bonds. The Kier molecular flexibility index (Phi) is 1.04. The Bertz CT molecular complexity index is 309. The Morgan fingerprint density at radius 2 is 2.10 bits per heavy atom. The summed E-state index contributed by atoms with van der Waals surface area (Å²) in [5, 5.41) is 0. The summed E-state index contributed by atoms with van der Waals surface area (Å²) in [4.78, 5) is 0. The minimum atomic E-state index is 1.18. The number of fused-ring (bicyclic) bond motifs is 1. The Morgan fingerprint density at radius 1 is 1.20 bits per heavy atom. The summed E-state index contributed by atoms with van der Waals surface area (Å²) in [5.41, 5.74) is 3.78. The quantitative estimate of drug-likeness (QED) is 0.537. The van der Waals surface area contributed by atoms with E-state index in [0.29, 0.717) is 0 Å². The monoisotopic (exact) mass is 132 g/mol. The number of rotatable bonds is 0. The third kappa shape index (κ3) is 0.637. The molecule has 1 aliphatic carbocycles. The zero-order valence-electron chi connectivity index (χ0n) is 5.79. The predicted octanol–water partition coefficient (Wildman–Crippen LogP) is 2.69. The normalized spacial score (nSPS) is 10.5. The van der Waals surface area contributed by atoms with Crippen molar-refractivity contribution in [3.63, 3.8) is 0 Å². The van der Waals surface area contributed by atoms with Crippen molar-refractivity contribution in [3.8, 4) is 11.1 Å². The first-order valence-corrected chi connectivity index (χ1v) is 3.29. The Labute approximate surface area is 59.6 Å². The first-order valence-electron chi connectivity index (χ1n) is 3.29. The minimum Gasteiger partial charge on any atom is -0.472 e.